The zero-order chi connectivity index (χ0) is 15.3. The van der Waals surface area contributed by atoms with Gasteiger partial charge in [-0.25, -0.2) is 9.67 Å². The van der Waals surface area contributed by atoms with Gasteiger partial charge in [-0.3, -0.25) is 9.59 Å². The van der Waals surface area contributed by atoms with E-state index in [1.54, 1.807) is 6.92 Å². The Balaban J connectivity index is 2.55. The monoisotopic (exact) mass is 282 g/mol. The van der Waals surface area contributed by atoms with Gasteiger partial charge in [0.1, 0.15) is 18.7 Å². The van der Waals surface area contributed by atoms with Gasteiger partial charge < -0.3 is 10.4 Å². The third kappa shape index (κ3) is 4.99. The molecule has 2 N–H and O–H groups in total. The minimum absolute atomic E-state index is 0.106. The standard InChI is InChI=1S/C13H22N4O3/c1-9(17-8-14-7-16-17)11(18)15-6-10(12(19)20)5-13(2,3)4/h7-10H,5-6H2,1-4H3,(H,15,18)(H,19,20). The Kier molecular flexibility index (Phi) is 5.24. The molecule has 0 saturated carbocycles. The number of hydrogen-bond acceptors (Lipinski definition) is 4. The summed E-state index contributed by atoms with van der Waals surface area (Å²) in [6, 6.07) is -0.512. The van der Waals surface area contributed by atoms with Crippen LogP contribution in [-0.4, -0.2) is 38.3 Å². The number of aromatic nitrogens is 3. The lowest BCUT2D eigenvalue weighted by atomic mass is 9.84. The van der Waals surface area contributed by atoms with E-state index in [0.29, 0.717) is 6.42 Å². The van der Waals surface area contributed by atoms with Gasteiger partial charge >= 0.3 is 5.97 Å². The Morgan fingerprint density at radius 1 is 1.40 bits per heavy atom. The Morgan fingerprint density at radius 3 is 2.50 bits per heavy atom. The predicted octanol–water partition coefficient (Wildman–Crippen LogP) is 1.09. The molecule has 20 heavy (non-hydrogen) atoms. The fourth-order valence-electron chi connectivity index (χ4n) is 1.89. The van der Waals surface area contributed by atoms with Crippen molar-refractivity contribution in [1.82, 2.24) is 20.1 Å². The number of nitrogens with zero attached hydrogens (tertiary/aromatic N) is 3. The smallest absolute Gasteiger partial charge is 0.308 e. The van der Waals surface area contributed by atoms with E-state index in [9.17, 15) is 14.7 Å². The lowest BCUT2D eigenvalue weighted by Gasteiger charge is -2.24. The molecule has 0 aliphatic rings. The van der Waals surface area contributed by atoms with E-state index in [0.717, 1.165) is 0 Å². The van der Waals surface area contributed by atoms with Crippen molar-refractivity contribution < 1.29 is 14.7 Å². The first-order chi connectivity index (χ1) is 9.20. The lowest BCUT2D eigenvalue weighted by Crippen LogP contribution is -2.38. The van der Waals surface area contributed by atoms with Crippen LogP contribution < -0.4 is 5.32 Å². The molecule has 0 bridgehead atoms. The van der Waals surface area contributed by atoms with E-state index in [-0.39, 0.29) is 17.9 Å². The highest BCUT2D eigenvalue weighted by atomic mass is 16.4. The van der Waals surface area contributed by atoms with Crippen LogP contribution in [0.4, 0.5) is 0 Å². The molecule has 1 rings (SSSR count). The molecule has 0 fully saturated rings. The van der Waals surface area contributed by atoms with Gasteiger partial charge in [0.2, 0.25) is 5.91 Å². The second-order valence-corrected chi connectivity index (χ2v) is 6.10. The zero-order valence-corrected chi connectivity index (χ0v) is 12.3. The van der Waals surface area contributed by atoms with Gasteiger partial charge in [-0.2, -0.15) is 5.10 Å². The van der Waals surface area contributed by atoms with E-state index < -0.39 is 17.9 Å². The summed E-state index contributed by atoms with van der Waals surface area (Å²) in [6.45, 7) is 7.72. The predicted molar refractivity (Wildman–Crippen MR) is 72.9 cm³/mol. The number of carbonyl (C=O) groups excluding carboxylic acids is 1. The summed E-state index contributed by atoms with van der Waals surface area (Å²) in [4.78, 5) is 26.9. The van der Waals surface area contributed by atoms with Gasteiger partial charge in [0.05, 0.1) is 5.92 Å². The number of carboxylic acid groups (broad SMARTS) is 1. The summed E-state index contributed by atoms with van der Waals surface area (Å²) in [5.41, 5.74) is -0.106. The number of aliphatic carboxylic acids is 1. The average molecular weight is 282 g/mol. The minimum Gasteiger partial charge on any atom is -0.481 e. The second kappa shape index (κ2) is 6.49. The molecule has 7 heteroatoms. The summed E-state index contributed by atoms with van der Waals surface area (Å²) >= 11 is 0. The maximum atomic E-state index is 11.9. The van der Waals surface area contributed by atoms with Crippen LogP contribution in [0.5, 0.6) is 0 Å². The molecule has 0 aromatic carbocycles. The molecule has 112 valence electrons. The molecule has 0 radical (unpaired) electrons. The molecule has 0 aliphatic heterocycles. The van der Waals surface area contributed by atoms with Gasteiger partial charge in [-0.05, 0) is 18.8 Å². The average Bonchev–Trinajstić information content (AvgIpc) is 2.85. The maximum absolute atomic E-state index is 11.9. The lowest BCUT2D eigenvalue weighted by molar-refractivity contribution is -0.142. The molecule has 1 amide bonds. The highest BCUT2D eigenvalue weighted by Crippen LogP contribution is 2.24. The fraction of sp³-hybridized carbons (Fsp3) is 0.692. The molecule has 1 aromatic heterocycles. The van der Waals surface area contributed by atoms with Crippen molar-refractivity contribution in [3.8, 4) is 0 Å². The highest BCUT2D eigenvalue weighted by molar-refractivity contribution is 5.80. The summed E-state index contributed by atoms with van der Waals surface area (Å²) in [7, 11) is 0. The third-order valence-corrected chi connectivity index (χ3v) is 2.94. The number of hydrogen-bond donors (Lipinski definition) is 2. The quantitative estimate of drug-likeness (QED) is 0.814. The van der Waals surface area contributed by atoms with Crippen molar-refractivity contribution in [3.05, 3.63) is 12.7 Å². The first-order valence-electron chi connectivity index (χ1n) is 6.55. The van der Waals surface area contributed by atoms with Gasteiger partial charge in [-0.1, -0.05) is 20.8 Å². The normalized spacial score (nSPS) is 14.6. The molecule has 2 atom stereocenters. The van der Waals surface area contributed by atoms with Crippen LogP contribution in [0.15, 0.2) is 12.7 Å². The summed E-state index contributed by atoms with van der Waals surface area (Å²) in [6.07, 6.45) is 3.30. The van der Waals surface area contributed by atoms with Crippen molar-refractivity contribution in [2.45, 2.75) is 40.2 Å². The van der Waals surface area contributed by atoms with E-state index in [1.807, 2.05) is 20.8 Å². The van der Waals surface area contributed by atoms with E-state index in [1.165, 1.54) is 17.3 Å². The van der Waals surface area contributed by atoms with Crippen LogP contribution in [0, 0.1) is 11.3 Å². The number of rotatable bonds is 6. The van der Waals surface area contributed by atoms with Crippen LogP contribution in [0.3, 0.4) is 0 Å². The van der Waals surface area contributed by atoms with Gasteiger partial charge in [0, 0.05) is 6.54 Å². The Labute approximate surface area is 118 Å². The van der Waals surface area contributed by atoms with Crippen molar-refractivity contribution >= 4 is 11.9 Å². The minimum atomic E-state index is -0.895. The highest BCUT2D eigenvalue weighted by Gasteiger charge is 2.26. The van der Waals surface area contributed by atoms with Crippen molar-refractivity contribution in [3.63, 3.8) is 0 Å². The topological polar surface area (TPSA) is 97.1 Å². The molecule has 0 spiro atoms. The van der Waals surface area contributed by atoms with E-state index in [4.69, 9.17) is 0 Å². The van der Waals surface area contributed by atoms with Crippen molar-refractivity contribution in [2.75, 3.05) is 6.54 Å². The molecule has 7 nitrogen and oxygen atoms in total. The van der Waals surface area contributed by atoms with Crippen LogP contribution in [0.25, 0.3) is 0 Å². The number of nitrogens with one attached hydrogen (secondary N) is 1. The maximum Gasteiger partial charge on any atom is 0.308 e. The van der Waals surface area contributed by atoms with Crippen LogP contribution in [0.1, 0.15) is 40.2 Å². The fourth-order valence-corrected chi connectivity index (χ4v) is 1.89. The first kappa shape index (κ1) is 16.1. The molecular formula is C13H22N4O3. The van der Waals surface area contributed by atoms with Crippen LogP contribution in [0.2, 0.25) is 0 Å². The molecular weight excluding hydrogens is 260 g/mol. The largest absolute Gasteiger partial charge is 0.481 e. The van der Waals surface area contributed by atoms with Crippen LogP contribution >= 0.6 is 0 Å². The summed E-state index contributed by atoms with van der Waals surface area (Å²) in [5.74, 6) is -1.76. The molecule has 0 saturated heterocycles. The van der Waals surface area contributed by atoms with Crippen LogP contribution in [-0.2, 0) is 9.59 Å². The van der Waals surface area contributed by atoms with E-state index >= 15 is 0 Å². The Bertz CT molecular complexity index is 451. The summed E-state index contributed by atoms with van der Waals surface area (Å²) in [5, 5.41) is 15.7. The number of amides is 1. The molecule has 1 aromatic rings. The molecule has 0 aliphatic carbocycles. The molecule has 2 unspecified atom stereocenters. The summed E-state index contributed by atoms with van der Waals surface area (Å²) < 4.78 is 1.43. The van der Waals surface area contributed by atoms with E-state index in [2.05, 4.69) is 15.4 Å². The number of carbonyl (C=O) groups is 2. The second-order valence-electron chi connectivity index (χ2n) is 6.10. The van der Waals surface area contributed by atoms with Crippen molar-refractivity contribution in [2.24, 2.45) is 11.3 Å². The Hall–Kier alpha value is -1.92. The third-order valence-electron chi connectivity index (χ3n) is 2.94. The zero-order valence-electron chi connectivity index (χ0n) is 12.3. The van der Waals surface area contributed by atoms with Crippen molar-refractivity contribution in [1.29, 1.82) is 0 Å². The van der Waals surface area contributed by atoms with Gasteiger partial charge in [0.25, 0.3) is 0 Å². The van der Waals surface area contributed by atoms with Gasteiger partial charge in [-0.15, -0.1) is 0 Å². The van der Waals surface area contributed by atoms with Gasteiger partial charge in [0.15, 0.2) is 0 Å². The first-order valence-corrected chi connectivity index (χ1v) is 6.55. The Morgan fingerprint density at radius 2 is 2.05 bits per heavy atom. The number of carboxylic acids is 1. The SMILES string of the molecule is CC(C(=O)NCC(CC(C)(C)C)C(=O)O)n1cncn1. The molecule has 1 heterocycles.